The molecule has 10 heteroatoms. The summed E-state index contributed by atoms with van der Waals surface area (Å²) in [6, 6.07) is 13.3. The number of thioether (sulfide) groups is 1. The van der Waals surface area contributed by atoms with Crippen molar-refractivity contribution in [1.82, 2.24) is 20.1 Å². The lowest BCUT2D eigenvalue weighted by Crippen LogP contribution is -2.24. The quantitative estimate of drug-likeness (QED) is 0.345. The maximum atomic E-state index is 12.2. The van der Waals surface area contributed by atoms with Gasteiger partial charge >= 0.3 is 6.61 Å². The fraction of sp³-hybridized carbons (Fsp3) is 0.190. The highest BCUT2D eigenvalue weighted by molar-refractivity contribution is 7.99. The first kappa shape index (κ1) is 22.8. The minimum Gasteiger partial charge on any atom is -0.435 e. The Labute approximate surface area is 187 Å². The molecule has 2 aromatic carbocycles. The van der Waals surface area contributed by atoms with E-state index in [1.807, 2.05) is 16.7 Å². The molecule has 0 radical (unpaired) electrons. The highest BCUT2D eigenvalue weighted by Crippen LogP contribution is 2.25. The van der Waals surface area contributed by atoms with Crippen molar-refractivity contribution in [3.05, 3.63) is 71.8 Å². The van der Waals surface area contributed by atoms with Crippen LogP contribution in [0.4, 0.5) is 8.78 Å². The summed E-state index contributed by atoms with van der Waals surface area (Å²) in [4.78, 5) is 12.2. The molecule has 1 amide bonds. The number of amides is 1. The van der Waals surface area contributed by atoms with Crippen LogP contribution in [0.15, 0.2) is 66.3 Å². The van der Waals surface area contributed by atoms with Crippen molar-refractivity contribution in [3.8, 4) is 17.1 Å². The summed E-state index contributed by atoms with van der Waals surface area (Å²) in [6.07, 6.45) is 1.73. The average molecular weight is 465 g/mol. The van der Waals surface area contributed by atoms with E-state index in [0.717, 1.165) is 11.1 Å². The summed E-state index contributed by atoms with van der Waals surface area (Å²) >= 11 is 7.21. The summed E-state index contributed by atoms with van der Waals surface area (Å²) in [7, 11) is 0. The Kier molecular flexibility index (Phi) is 8.02. The summed E-state index contributed by atoms with van der Waals surface area (Å²) in [5, 5.41) is 12.4. The first-order valence-electron chi connectivity index (χ1n) is 9.19. The topological polar surface area (TPSA) is 69.0 Å². The number of ether oxygens (including phenoxy) is 1. The van der Waals surface area contributed by atoms with Crippen LogP contribution in [0.1, 0.15) is 5.56 Å². The van der Waals surface area contributed by atoms with Gasteiger partial charge in [0.2, 0.25) is 5.91 Å². The Morgan fingerprint density at radius 3 is 2.55 bits per heavy atom. The van der Waals surface area contributed by atoms with Gasteiger partial charge in [-0.2, -0.15) is 8.78 Å². The number of aromatic nitrogens is 3. The van der Waals surface area contributed by atoms with Crippen molar-refractivity contribution in [1.29, 1.82) is 0 Å². The van der Waals surface area contributed by atoms with Crippen molar-refractivity contribution in [3.63, 3.8) is 0 Å². The van der Waals surface area contributed by atoms with Crippen molar-refractivity contribution < 1.29 is 18.3 Å². The van der Waals surface area contributed by atoms with Gasteiger partial charge in [0.15, 0.2) is 11.0 Å². The van der Waals surface area contributed by atoms with E-state index in [-0.39, 0.29) is 24.0 Å². The molecular formula is C21H19ClF2N4O2S. The minimum atomic E-state index is -2.87. The van der Waals surface area contributed by atoms with E-state index >= 15 is 0 Å². The molecule has 0 fully saturated rings. The molecule has 0 bridgehead atoms. The molecule has 3 aromatic rings. The number of nitrogens with zero attached hydrogens (tertiary/aromatic N) is 3. The Hall–Kier alpha value is -2.91. The van der Waals surface area contributed by atoms with Gasteiger partial charge in [-0.15, -0.1) is 16.8 Å². The summed E-state index contributed by atoms with van der Waals surface area (Å²) < 4.78 is 30.5. The van der Waals surface area contributed by atoms with Crippen LogP contribution in [0.5, 0.6) is 5.75 Å². The van der Waals surface area contributed by atoms with Crippen LogP contribution in [-0.4, -0.2) is 33.0 Å². The van der Waals surface area contributed by atoms with Crippen LogP contribution < -0.4 is 10.1 Å². The smallest absolute Gasteiger partial charge is 0.387 e. The summed E-state index contributed by atoms with van der Waals surface area (Å²) in [5.74, 6) is 0.672. The molecule has 3 rings (SSSR count). The number of allylic oxidation sites excluding steroid dienone is 1. The van der Waals surface area contributed by atoms with E-state index in [1.54, 1.807) is 30.3 Å². The monoisotopic (exact) mass is 464 g/mol. The number of nitrogens with one attached hydrogen (secondary N) is 1. The van der Waals surface area contributed by atoms with Gasteiger partial charge in [-0.25, -0.2) is 0 Å². The molecule has 0 saturated carbocycles. The molecule has 1 heterocycles. The highest BCUT2D eigenvalue weighted by atomic mass is 35.5. The molecule has 0 aliphatic rings. The number of halogens is 3. The highest BCUT2D eigenvalue weighted by Gasteiger charge is 2.15. The second-order valence-corrected chi connectivity index (χ2v) is 7.68. The van der Waals surface area contributed by atoms with E-state index in [4.69, 9.17) is 11.6 Å². The Bertz CT molecular complexity index is 1030. The molecule has 0 saturated heterocycles. The molecule has 0 aliphatic heterocycles. The minimum absolute atomic E-state index is 0.0682. The lowest BCUT2D eigenvalue weighted by molar-refractivity contribution is -0.118. The third-order valence-electron chi connectivity index (χ3n) is 4.10. The second kappa shape index (κ2) is 10.9. The van der Waals surface area contributed by atoms with Crippen LogP contribution in [0.2, 0.25) is 5.02 Å². The van der Waals surface area contributed by atoms with Gasteiger partial charge in [0.1, 0.15) is 5.75 Å². The van der Waals surface area contributed by atoms with Crippen LogP contribution in [0.25, 0.3) is 11.4 Å². The fourth-order valence-corrected chi connectivity index (χ4v) is 3.58. The summed E-state index contributed by atoms with van der Waals surface area (Å²) in [5.41, 5.74) is 1.62. The van der Waals surface area contributed by atoms with E-state index in [2.05, 4.69) is 26.8 Å². The molecule has 162 valence electrons. The number of benzene rings is 2. The van der Waals surface area contributed by atoms with Crippen molar-refractivity contribution in [2.24, 2.45) is 0 Å². The lowest BCUT2D eigenvalue weighted by atomic mass is 10.2. The van der Waals surface area contributed by atoms with Crippen molar-refractivity contribution >= 4 is 29.3 Å². The van der Waals surface area contributed by atoms with E-state index in [0.29, 0.717) is 22.5 Å². The molecule has 0 unspecified atom stereocenters. The Morgan fingerprint density at radius 1 is 1.19 bits per heavy atom. The lowest BCUT2D eigenvalue weighted by Gasteiger charge is -2.09. The maximum absolute atomic E-state index is 12.2. The largest absolute Gasteiger partial charge is 0.435 e. The molecule has 0 aliphatic carbocycles. The Morgan fingerprint density at radius 2 is 1.90 bits per heavy atom. The van der Waals surface area contributed by atoms with Gasteiger partial charge in [0.25, 0.3) is 0 Å². The third kappa shape index (κ3) is 6.53. The maximum Gasteiger partial charge on any atom is 0.387 e. The third-order valence-corrected chi connectivity index (χ3v) is 5.32. The van der Waals surface area contributed by atoms with Gasteiger partial charge in [-0.1, -0.05) is 41.6 Å². The van der Waals surface area contributed by atoms with E-state index < -0.39 is 6.61 Å². The number of rotatable bonds is 10. The van der Waals surface area contributed by atoms with Crippen molar-refractivity contribution in [2.45, 2.75) is 24.9 Å². The van der Waals surface area contributed by atoms with Gasteiger partial charge < -0.3 is 10.1 Å². The predicted molar refractivity (Wildman–Crippen MR) is 116 cm³/mol. The van der Waals surface area contributed by atoms with Gasteiger partial charge in [0.05, 0.1) is 5.75 Å². The molecule has 31 heavy (non-hydrogen) atoms. The van der Waals surface area contributed by atoms with Gasteiger partial charge in [-0.3, -0.25) is 9.36 Å². The van der Waals surface area contributed by atoms with Crippen LogP contribution in [0, 0.1) is 0 Å². The number of carbonyl (C=O) groups excluding carboxylic acids is 1. The SMILES string of the molecule is C=CCn1c(SCC(=O)NCc2ccc(OC(F)F)cc2)nnc1-c1ccc(Cl)cc1. The zero-order chi connectivity index (χ0) is 22.2. The molecule has 6 nitrogen and oxygen atoms in total. The number of hydrogen-bond donors (Lipinski definition) is 1. The average Bonchev–Trinajstić information content (AvgIpc) is 3.15. The predicted octanol–water partition coefficient (Wildman–Crippen LogP) is 4.79. The number of alkyl halides is 2. The van der Waals surface area contributed by atoms with Crippen LogP contribution in [0.3, 0.4) is 0 Å². The molecular weight excluding hydrogens is 446 g/mol. The fourth-order valence-electron chi connectivity index (χ4n) is 2.67. The zero-order valence-electron chi connectivity index (χ0n) is 16.3. The zero-order valence-corrected chi connectivity index (χ0v) is 17.9. The number of carbonyl (C=O) groups is 1. The molecule has 0 atom stereocenters. The molecule has 0 spiro atoms. The van der Waals surface area contributed by atoms with Gasteiger partial charge in [-0.05, 0) is 42.0 Å². The molecule has 1 aromatic heterocycles. The first-order chi connectivity index (χ1) is 15.0. The normalized spacial score (nSPS) is 10.8. The number of hydrogen-bond acceptors (Lipinski definition) is 5. The standard InChI is InChI=1S/C21H19ClF2N4O2S/c1-2-11-28-19(15-5-7-16(22)8-6-15)26-27-21(28)31-13-18(29)25-12-14-3-9-17(10-4-14)30-20(23)24/h2-10,20H,1,11-13H2,(H,25,29). The van der Waals surface area contributed by atoms with E-state index in [1.165, 1.54) is 23.9 Å². The Balaban J connectivity index is 1.57. The van der Waals surface area contributed by atoms with Crippen LogP contribution in [-0.2, 0) is 17.9 Å². The first-order valence-corrected chi connectivity index (χ1v) is 10.6. The van der Waals surface area contributed by atoms with E-state index in [9.17, 15) is 13.6 Å². The van der Waals surface area contributed by atoms with Crippen molar-refractivity contribution in [2.75, 3.05) is 5.75 Å². The molecule has 1 N–H and O–H groups in total. The summed E-state index contributed by atoms with van der Waals surface area (Å²) in [6.45, 7) is 1.66. The van der Waals surface area contributed by atoms with Crippen LogP contribution >= 0.6 is 23.4 Å². The van der Waals surface area contributed by atoms with Gasteiger partial charge in [0, 0.05) is 23.7 Å². The second-order valence-electron chi connectivity index (χ2n) is 6.30.